The van der Waals surface area contributed by atoms with Gasteiger partial charge in [-0.05, 0) is 6.92 Å². The van der Waals surface area contributed by atoms with Gasteiger partial charge in [0.1, 0.15) is 16.8 Å². The fourth-order valence-corrected chi connectivity index (χ4v) is 0.502. The van der Waals surface area contributed by atoms with Crippen LogP contribution >= 0.6 is 0 Å². The number of hydrogen-bond acceptors (Lipinski definition) is 4. The molecule has 0 aliphatic heterocycles. The van der Waals surface area contributed by atoms with E-state index in [1.807, 2.05) is 0 Å². The van der Waals surface area contributed by atoms with E-state index in [1.165, 1.54) is 0 Å². The van der Waals surface area contributed by atoms with E-state index >= 15 is 0 Å². The molecule has 0 aromatic heterocycles. The molecule has 0 rings (SSSR count). The highest BCUT2D eigenvalue weighted by Gasteiger charge is 2.00. The standard InChI is InChI=1S/C6H14O4Si/c1-3-6(7)9-4-8-5(2)10-11/h5H,3-4H2,1-2,11H3. The summed E-state index contributed by atoms with van der Waals surface area (Å²) in [4.78, 5) is 10.5. The van der Waals surface area contributed by atoms with Crippen molar-refractivity contribution in [3.63, 3.8) is 0 Å². The van der Waals surface area contributed by atoms with Gasteiger partial charge in [-0.1, -0.05) is 6.92 Å². The van der Waals surface area contributed by atoms with E-state index in [4.69, 9.17) is 9.16 Å². The second-order valence-electron chi connectivity index (χ2n) is 1.96. The molecule has 0 aliphatic carbocycles. The average Bonchev–Trinajstić information content (AvgIpc) is 2.04. The lowest BCUT2D eigenvalue weighted by Gasteiger charge is -2.10. The van der Waals surface area contributed by atoms with Gasteiger partial charge in [-0.15, -0.1) is 0 Å². The summed E-state index contributed by atoms with van der Waals surface area (Å²) in [5, 5.41) is 0. The molecule has 0 N–H and O–H groups in total. The Morgan fingerprint density at radius 2 is 2.27 bits per heavy atom. The molecule has 1 unspecified atom stereocenters. The summed E-state index contributed by atoms with van der Waals surface area (Å²) in [7, 11) is 0.621. The lowest BCUT2D eigenvalue weighted by Crippen LogP contribution is -2.15. The Morgan fingerprint density at radius 3 is 2.73 bits per heavy atom. The van der Waals surface area contributed by atoms with E-state index in [9.17, 15) is 4.79 Å². The third-order valence-corrected chi connectivity index (χ3v) is 1.81. The fourth-order valence-electron chi connectivity index (χ4n) is 0.366. The first-order chi connectivity index (χ1) is 5.20. The van der Waals surface area contributed by atoms with E-state index in [2.05, 4.69) is 4.74 Å². The normalized spacial score (nSPS) is 12.9. The number of ether oxygens (including phenoxy) is 2. The SMILES string of the molecule is CCC(=O)OCOC(C)O[SiH3]. The lowest BCUT2D eigenvalue weighted by molar-refractivity contribution is -0.174. The van der Waals surface area contributed by atoms with Crippen molar-refractivity contribution in [2.24, 2.45) is 0 Å². The quantitative estimate of drug-likeness (QED) is 0.325. The minimum absolute atomic E-state index is 0.0178. The minimum atomic E-state index is -0.272. The number of rotatable bonds is 5. The van der Waals surface area contributed by atoms with E-state index in [0.717, 1.165) is 0 Å². The second-order valence-corrected chi connectivity index (χ2v) is 2.43. The minimum Gasteiger partial charge on any atom is -0.438 e. The Hall–Kier alpha value is -0.393. The van der Waals surface area contributed by atoms with E-state index in [0.29, 0.717) is 16.9 Å². The van der Waals surface area contributed by atoms with Crippen LogP contribution in [0.15, 0.2) is 0 Å². The summed E-state index contributed by atoms with van der Waals surface area (Å²) in [6.07, 6.45) is 0.103. The molecule has 11 heavy (non-hydrogen) atoms. The Bertz CT molecular complexity index is 117. The van der Waals surface area contributed by atoms with Gasteiger partial charge in [0.2, 0.25) is 0 Å². The van der Waals surface area contributed by atoms with Gasteiger partial charge in [0, 0.05) is 6.42 Å². The maximum absolute atomic E-state index is 10.5. The Labute approximate surface area is 69.4 Å². The number of hydrogen-bond donors (Lipinski definition) is 0. The molecule has 0 fully saturated rings. The maximum atomic E-state index is 10.5. The first-order valence-electron chi connectivity index (χ1n) is 3.50. The third kappa shape index (κ3) is 6.02. The molecule has 0 saturated carbocycles. The zero-order valence-corrected chi connectivity index (χ0v) is 9.12. The predicted octanol–water partition coefficient (Wildman–Crippen LogP) is -0.443. The van der Waals surface area contributed by atoms with Crippen molar-refractivity contribution >= 4 is 16.5 Å². The van der Waals surface area contributed by atoms with Crippen LogP contribution in [0.3, 0.4) is 0 Å². The van der Waals surface area contributed by atoms with Gasteiger partial charge in [0.15, 0.2) is 6.79 Å². The average molecular weight is 178 g/mol. The van der Waals surface area contributed by atoms with Crippen LogP contribution in [0.1, 0.15) is 20.3 Å². The molecule has 0 aromatic carbocycles. The summed E-state index contributed by atoms with van der Waals surface area (Å²) >= 11 is 0. The number of carbonyl (C=O) groups excluding carboxylic acids is 1. The number of carbonyl (C=O) groups is 1. The molecule has 0 bridgehead atoms. The topological polar surface area (TPSA) is 44.8 Å². The van der Waals surface area contributed by atoms with Crippen molar-refractivity contribution in [1.29, 1.82) is 0 Å². The summed E-state index contributed by atoms with van der Waals surface area (Å²) in [6, 6.07) is 0. The number of esters is 1. The fraction of sp³-hybridized carbons (Fsp3) is 0.833. The summed E-state index contributed by atoms with van der Waals surface area (Å²) in [5.41, 5.74) is 0. The molecular formula is C6H14O4Si. The van der Waals surface area contributed by atoms with E-state index in [-0.39, 0.29) is 19.1 Å². The van der Waals surface area contributed by atoms with E-state index in [1.54, 1.807) is 13.8 Å². The molecule has 0 radical (unpaired) electrons. The van der Waals surface area contributed by atoms with Gasteiger partial charge in [-0.2, -0.15) is 0 Å². The molecule has 0 heterocycles. The molecule has 4 nitrogen and oxygen atoms in total. The molecule has 0 aliphatic rings. The van der Waals surface area contributed by atoms with Crippen LogP contribution in [0.25, 0.3) is 0 Å². The van der Waals surface area contributed by atoms with Gasteiger partial charge >= 0.3 is 5.97 Å². The first kappa shape index (κ1) is 10.6. The first-order valence-corrected chi connectivity index (χ1v) is 4.32. The molecule has 0 saturated heterocycles. The van der Waals surface area contributed by atoms with Crippen LogP contribution in [-0.4, -0.2) is 29.5 Å². The highest BCUT2D eigenvalue weighted by molar-refractivity contribution is 5.98. The maximum Gasteiger partial charge on any atom is 0.307 e. The largest absolute Gasteiger partial charge is 0.438 e. The highest BCUT2D eigenvalue weighted by atomic mass is 28.2. The van der Waals surface area contributed by atoms with E-state index < -0.39 is 0 Å². The zero-order chi connectivity index (χ0) is 8.69. The van der Waals surface area contributed by atoms with Crippen LogP contribution in [0, 0.1) is 0 Å². The van der Waals surface area contributed by atoms with Crippen molar-refractivity contribution in [2.45, 2.75) is 26.6 Å². The van der Waals surface area contributed by atoms with Crippen molar-refractivity contribution in [3.05, 3.63) is 0 Å². The molecular weight excluding hydrogens is 164 g/mol. The van der Waals surface area contributed by atoms with Gasteiger partial charge in [0.05, 0.1) is 0 Å². The van der Waals surface area contributed by atoms with Crippen LogP contribution in [0.2, 0.25) is 0 Å². The Morgan fingerprint density at radius 1 is 1.64 bits per heavy atom. The molecule has 0 aromatic rings. The monoisotopic (exact) mass is 178 g/mol. The van der Waals surface area contributed by atoms with Crippen molar-refractivity contribution < 1.29 is 18.7 Å². The predicted molar refractivity (Wildman–Crippen MR) is 42.8 cm³/mol. The van der Waals surface area contributed by atoms with Crippen LogP contribution in [0.4, 0.5) is 0 Å². The Kier molecular flexibility index (Phi) is 6.10. The molecule has 0 spiro atoms. The molecule has 66 valence electrons. The van der Waals surface area contributed by atoms with Crippen molar-refractivity contribution in [1.82, 2.24) is 0 Å². The van der Waals surface area contributed by atoms with Crippen molar-refractivity contribution in [2.75, 3.05) is 6.79 Å². The van der Waals surface area contributed by atoms with Gasteiger partial charge in [-0.25, -0.2) is 0 Å². The van der Waals surface area contributed by atoms with Crippen LogP contribution < -0.4 is 0 Å². The third-order valence-electron chi connectivity index (χ3n) is 1.14. The molecule has 5 heteroatoms. The zero-order valence-electron chi connectivity index (χ0n) is 7.12. The van der Waals surface area contributed by atoms with Crippen molar-refractivity contribution in [3.8, 4) is 0 Å². The van der Waals surface area contributed by atoms with Gasteiger partial charge in [0.25, 0.3) is 0 Å². The molecule has 1 atom stereocenters. The highest BCUT2D eigenvalue weighted by Crippen LogP contribution is 1.91. The molecule has 0 amide bonds. The Balaban J connectivity index is 3.20. The van der Waals surface area contributed by atoms with Crippen LogP contribution in [0.5, 0.6) is 0 Å². The van der Waals surface area contributed by atoms with Gasteiger partial charge < -0.3 is 13.9 Å². The summed E-state index contributed by atoms with van der Waals surface area (Å²) in [6.45, 7) is 3.47. The van der Waals surface area contributed by atoms with Crippen LogP contribution in [-0.2, 0) is 18.7 Å². The van der Waals surface area contributed by atoms with Gasteiger partial charge in [-0.3, -0.25) is 4.79 Å². The summed E-state index contributed by atoms with van der Waals surface area (Å²) in [5.74, 6) is -0.259. The second kappa shape index (κ2) is 6.33. The lowest BCUT2D eigenvalue weighted by atomic mass is 10.5. The summed E-state index contributed by atoms with van der Waals surface area (Å²) < 4.78 is 14.5. The smallest absolute Gasteiger partial charge is 0.307 e.